The third kappa shape index (κ3) is 5.87. The molecule has 1 aromatic heterocycles. The average Bonchev–Trinajstić information content (AvgIpc) is 2.26. The van der Waals surface area contributed by atoms with Gasteiger partial charge in [-0.25, -0.2) is 0 Å². The first-order chi connectivity index (χ1) is 8.08. The number of amides is 1. The van der Waals surface area contributed by atoms with E-state index < -0.39 is 0 Å². The van der Waals surface area contributed by atoms with Crippen LogP contribution in [0.3, 0.4) is 0 Å². The molecule has 0 unspecified atom stereocenters. The van der Waals surface area contributed by atoms with Gasteiger partial charge in [0.05, 0.1) is 11.9 Å². The second kappa shape index (κ2) is 6.85. The van der Waals surface area contributed by atoms with Gasteiger partial charge in [-0.3, -0.25) is 9.78 Å². The number of nitrogens with one attached hydrogen (secondary N) is 2. The normalized spacial score (nSPS) is 10.5. The Morgan fingerprint density at radius 2 is 2.24 bits per heavy atom. The molecule has 0 atom stereocenters. The van der Waals surface area contributed by atoms with Crippen molar-refractivity contribution in [1.29, 1.82) is 0 Å². The summed E-state index contributed by atoms with van der Waals surface area (Å²) in [7, 11) is 0. The minimum atomic E-state index is 0.0474. The van der Waals surface area contributed by atoms with E-state index in [0.29, 0.717) is 19.5 Å². The summed E-state index contributed by atoms with van der Waals surface area (Å²) in [6.07, 6.45) is 1.86. The van der Waals surface area contributed by atoms with E-state index in [-0.39, 0.29) is 17.7 Å². The highest BCUT2D eigenvalue weighted by atomic mass is 16.3. The maximum Gasteiger partial charge on any atom is 0.221 e. The van der Waals surface area contributed by atoms with Crippen LogP contribution in [0.15, 0.2) is 18.3 Å². The molecule has 0 saturated carbocycles. The lowest BCUT2D eigenvalue weighted by molar-refractivity contribution is -0.121. The Balaban J connectivity index is 2.16. The molecule has 0 bridgehead atoms. The fraction of sp³-hybridized carbons (Fsp3) is 0.500. The van der Waals surface area contributed by atoms with Crippen LogP contribution in [0, 0.1) is 0 Å². The monoisotopic (exact) mass is 237 g/mol. The standard InChI is InChI=1S/C12H19N3O2/c1-9(2)15-12(17)5-6-13-7-10-3-4-11(16)8-14-10/h3-4,8-9,13,16H,5-7H2,1-2H3,(H,15,17). The SMILES string of the molecule is CC(C)NC(=O)CCNCc1ccc(O)cn1. The summed E-state index contributed by atoms with van der Waals surface area (Å²) >= 11 is 0. The smallest absolute Gasteiger partial charge is 0.221 e. The first-order valence-corrected chi connectivity index (χ1v) is 5.72. The van der Waals surface area contributed by atoms with E-state index in [1.54, 1.807) is 12.1 Å². The van der Waals surface area contributed by atoms with Gasteiger partial charge in [0.25, 0.3) is 0 Å². The first-order valence-electron chi connectivity index (χ1n) is 5.72. The lowest BCUT2D eigenvalue weighted by Crippen LogP contribution is -2.32. The van der Waals surface area contributed by atoms with Gasteiger partial charge in [-0.2, -0.15) is 0 Å². The molecule has 5 nitrogen and oxygen atoms in total. The van der Waals surface area contributed by atoms with Gasteiger partial charge in [0.15, 0.2) is 0 Å². The van der Waals surface area contributed by atoms with Crippen molar-refractivity contribution in [1.82, 2.24) is 15.6 Å². The quantitative estimate of drug-likeness (QED) is 0.640. The third-order valence-corrected chi connectivity index (χ3v) is 2.09. The van der Waals surface area contributed by atoms with Crippen LogP contribution in [0.5, 0.6) is 5.75 Å². The molecular formula is C12H19N3O2. The van der Waals surface area contributed by atoms with Gasteiger partial charge in [-0.15, -0.1) is 0 Å². The lowest BCUT2D eigenvalue weighted by atomic mass is 10.3. The molecule has 0 aromatic carbocycles. The van der Waals surface area contributed by atoms with Gasteiger partial charge in [-0.1, -0.05) is 0 Å². The van der Waals surface area contributed by atoms with E-state index in [0.717, 1.165) is 5.69 Å². The Kier molecular flexibility index (Phi) is 5.42. The van der Waals surface area contributed by atoms with Gasteiger partial charge >= 0.3 is 0 Å². The molecule has 17 heavy (non-hydrogen) atoms. The molecule has 0 aliphatic carbocycles. The Morgan fingerprint density at radius 3 is 2.82 bits per heavy atom. The molecule has 0 aliphatic rings. The number of pyridine rings is 1. The van der Waals surface area contributed by atoms with Crippen LogP contribution in [0.25, 0.3) is 0 Å². The summed E-state index contributed by atoms with van der Waals surface area (Å²) in [5.74, 6) is 0.205. The molecule has 1 rings (SSSR count). The maximum absolute atomic E-state index is 11.3. The van der Waals surface area contributed by atoms with Crippen LogP contribution < -0.4 is 10.6 Å². The average molecular weight is 237 g/mol. The molecule has 1 amide bonds. The van der Waals surface area contributed by atoms with Crippen molar-refractivity contribution in [2.24, 2.45) is 0 Å². The Bertz CT molecular complexity index is 349. The van der Waals surface area contributed by atoms with Crippen molar-refractivity contribution >= 4 is 5.91 Å². The summed E-state index contributed by atoms with van der Waals surface area (Å²) in [5, 5.41) is 15.0. The number of hydrogen-bond acceptors (Lipinski definition) is 4. The van der Waals surface area contributed by atoms with Crippen LogP contribution >= 0.6 is 0 Å². The molecule has 0 saturated heterocycles. The largest absolute Gasteiger partial charge is 0.506 e. The number of carbonyl (C=O) groups is 1. The van der Waals surface area contributed by atoms with E-state index in [2.05, 4.69) is 15.6 Å². The van der Waals surface area contributed by atoms with Crippen LogP contribution in [0.2, 0.25) is 0 Å². The fourth-order valence-electron chi connectivity index (χ4n) is 1.33. The number of rotatable bonds is 6. The molecule has 0 radical (unpaired) electrons. The van der Waals surface area contributed by atoms with Crippen molar-refractivity contribution in [3.8, 4) is 5.75 Å². The summed E-state index contributed by atoms with van der Waals surface area (Å²) in [5.41, 5.74) is 0.840. The van der Waals surface area contributed by atoms with Crippen LogP contribution in [0.1, 0.15) is 26.0 Å². The molecule has 1 heterocycles. The Morgan fingerprint density at radius 1 is 1.47 bits per heavy atom. The zero-order valence-electron chi connectivity index (χ0n) is 10.2. The topological polar surface area (TPSA) is 74.2 Å². The van der Waals surface area contributed by atoms with Crippen molar-refractivity contribution in [2.45, 2.75) is 32.9 Å². The number of aromatic nitrogens is 1. The van der Waals surface area contributed by atoms with Crippen molar-refractivity contribution < 1.29 is 9.90 Å². The first kappa shape index (κ1) is 13.4. The molecule has 94 valence electrons. The zero-order valence-corrected chi connectivity index (χ0v) is 10.2. The highest BCUT2D eigenvalue weighted by molar-refractivity contribution is 5.76. The van der Waals surface area contributed by atoms with Crippen molar-refractivity contribution in [3.05, 3.63) is 24.0 Å². The molecule has 1 aromatic rings. The van der Waals surface area contributed by atoms with Crippen molar-refractivity contribution in [2.75, 3.05) is 6.54 Å². The van der Waals surface area contributed by atoms with E-state index in [9.17, 15) is 4.79 Å². The predicted molar refractivity (Wildman–Crippen MR) is 65.5 cm³/mol. The molecule has 0 aliphatic heterocycles. The molecule has 3 N–H and O–H groups in total. The number of nitrogens with zero attached hydrogens (tertiary/aromatic N) is 1. The maximum atomic E-state index is 11.3. The van der Waals surface area contributed by atoms with E-state index in [1.807, 2.05) is 13.8 Å². The fourth-order valence-corrected chi connectivity index (χ4v) is 1.33. The van der Waals surface area contributed by atoms with Gasteiger partial charge in [-0.05, 0) is 26.0 Å². The summed E-state index contributed by atoms with van der Waals surface area (Å²) < 4.78 is 0. The number of carbonyl (C=O) groups excluding carboxylic acids is 1. The highest BCUT2D eigenvalue weighted by Gasteiger charge is 2.02. The van der Waals surface area contributed by atoms with Crippen molar-refractivity contribution in [3.63, 3.8) is 0 Å². The van der Waals surface area contributed by atoms with E-state index in [4.69, 9.17) is 5.11 Å². The van der Waals surface area contributed by atoms with Gasteiger partial charge in [0.2, 0.25) is 5.91 Å². The lowest BCUT2D eigenvalue weighted by Gasteiger charge is -2.08. The van der Waals surface area contributed by atoms with Crippen LogP contribution in [-0.2, 0) is 11.3 Å². The van der Waals surface area contributed by atoms with E-state index in [1.165, 1.54) is 6.20 Å². The van der Waals surface area contributed by atoms with Gasteiger partial charge < -0.3 is 15.7 Å². The molecule has 5 heteroatoms. The number of hydrogen-bond donors (Lipinski definition) is 3. The van der Waals surface area contributed by atoms with Gasteiger partial charge in [0.1, 0.15) is 5.75 Å². The van der Waals surface area contributed by atoms with E-state index >= 15 is 0 Å². The predicted octanol–water partition coefficient (Wildman–Crippen LogP) is 0.791. The minimum absolute atomic E-state index is 0.0474. The van der Waals surface area contributed by atoms with Crippen LogP contribution in [-0.4, -0.2) is 28.6 Å². The van der Waals surface area contributed by atoms with Gasteiger partial charge in [0, 0.05) is 25.6 Å². The molecular weight excluding hydrogens is 218 g/mol. The molecule has 0 spiro atoms. The molecule has 0 fully saturated rings. The Hall–Kier alpha value is -1.62. The summed E-state index contributed by atoms with van der Waals surface area (Å²) in [6.45, 7) is 5.08. The summed E-state index contributed by atoms with van der Waals surface area (Å²) in [6, 6.07) is 3.52. The highest BCUT2D eigenvalue weighted by Crippen LogP contribution is 2.05. The second-order valence-electron chi connectivity index (χ2n) is 4.16. The minimum Gasteiger partial charge on any atom is -0.506 e. The summed E-state index contributed by atoms with van der Waals surface area (Å²) in [4.78, 5) is 15.3. The zero-order chi connectivity index (χ0) is 12.7. The Labute approximate surface area is 101 Å². The second-order valence-corrected chi connectivity index (χ2v) is 4.16. The van der Waals surface area contributed by atoms with Crippen LogP contribution in [0.4, 0.5) is 0 Å². The third-order valence-electron chi connectivity index (χ3n) is 2.09. The number of aromatic hydroxyl groups is 1.